The van der Waals surface area contributed by atoms with Crippen LogP contribution in [0.4, 0.5) is 0 Å². The molecular weight excluding hydrogens is 248 g/mol. The van der Waals surface area contributed by atoms with E-state index in [9.17, 15) is 14.7 Å². The predicted octanol–water partition coefficient (Wildman–Crippen LogP) is 0.846. The minimum atomic E-state index is -0.965. The number of aliphatic carboxylic acids is 1. The molecule has 0 fully saturated rings. The molecule has 0 aromatic rings. The van der Waals surface area contributed by atoms with Crippen LogP contribution in [0, 0.1) is 0 Å². The van der Waals surface area contributed by atoms with E-state index in [1.807, 2.05) is 6.92 Å². The molecule has 19 heavy (non-hydrogen) atoms. The first-order chi connectivity index (χ1) is 9.06. The van der Waals surface area contributed by atoms with Gasteiger partial charge < -0.3 is 15.5 Å². The summed E-state index contributed by atoms with van der Waals surface area (Å²) in [6.45, 7) is 2.35. The van der Waals surface area contributed by atoms with E-state index in [0.29, 0.717) is 12.8 Å². The van der Waals surface area contributed by atoms with Crippen LogP contribution in [0.15, 0.2) is 0 Å². The molecule has 0 aliphatic rings. The molecule has 0 saturated heterocycles. The summed E-state index contributed by atoms with van der Waals surface area (Å²) in [5, 5.41) is 23.2. The summed E-state index contributed by atoms with van der Waals surface area (Å²) in [4.78, 5) is 21.2. The van der Waals surface area contributed by atoms with Crippen LogP contribution in [0.1, 0.15) is 51.9 Å². The van der Waals surface area contributed by atoms with Crippen molar-refractivity contribution in [1.82, 2.24) is 10.6 Å². The van der Waals surface area contributed by atoms with Gasteiger partial charge in [0, 0.05) is 13.0 Å². The van der Waals surface area contributed by atoms with Crippen molar-refractivity contribution >= 4 is 11.9 Å². The van der Waals surface area contributed by atoms with E-state index in [-0.39, 0.29) is 12.5 Å². The van der Waals surface area contributed by atoms with Crippen molar-refractivity contribution in [2.45, 2.75) is 58.1 Å². The molecule has 1 amide bonds. The highest BCUT2D eigenvalue weighted by Gasteiger charge is 2.04. The predicted molar refractivity (Wildman–Crippen MR) is 72.6 cm³/mol. The van der Waals surface area contributed by atoms with Crippen molar-refractivity contribution in [1.29, 1.82) is 0 Å². The van der Waals surface area contributed by atoms with E-state index >= 15 is 0 Å². The second-order valence-electron chi connectivity index (χ2n) is 4.55. The largest absolute Gasteiger partial charge is 0.480 e. The standard InChI is InChI=1S/C13H26N2O4/c1-2-11(16)14-9-7-5-3-4-6-8-12(17)15-10-13(18)19/h12,15,17H,2-10H2,1H3,(H,14,16)(H,18,19). The Morgan fingerprint density at radius 3 is 2.37 bits per heavy atom. The normalized spacial score (nSPS) is 12.1. The number of hydrogen-bond acceptors (Lipinski definition) is 4. The Balaban J connectivity index is 3.22. The van der Waals surface area contributed by atoms with Crippen LogP contribution in [-0.4, -0.2) is 41.4 Å². The van der Waals surface area contributed by atoms with Crippen molar-refractivity contribution in [3.63, 3.8) is 0 Å². The van der Waals surface area contributed by atoms with Gasteiger partial charge in [-0.2, -0.15) is 0 Å². The van der Waals surface area contributed by atoms with Crippen molar-refractivity contribution in [3.05, 3.63) is 0 Å². The number of aliphatic hydroxyl groups is 1. The Labute approximate surface area is 114 Å². The molecule has 112 valence electrons. The fourth-order valence-electron chi connectivity index (χ4n) is 1.65. The quantitative estimate of drug-likeness (QED) is 0.312. The van der Waals surface area contributed by atoms with Crippen molar-refractivity contribution in [3.8, 4) is 0 Å². The number of carboxylic acid groups (broad SMARTS) is 1. The highest BCUT2D eigenvalue weighted by Crippen LogP contribution is 2.06. The zero-order valence-electron chi connectivity index (χ0n) is 11.7. The van der Waals surface area contributed by atoms with Gasteiger partial charge in [0.25, 0.3) is 0 Å². The molecule has 0 saturated carbocycles. The van der Waals surface area contributed by atoms with Gasteiger partial charge in [-0.15, -0.1) is 0 Å². The fourth-order valence-corrected chi connectivity index (χ4v) is 1.65. The molecule has 0 rings (SSSR count). The van der Waals surface area contributed by atoms with Gasteiger partial charge in [0.15, 0.2) is 0 Å². The molecule has 0 radical (unpaired) electrons. The van der Waals surface area contributed by atoms with Gasteiger partial charge >= 0.3 is 5.97 Å². The lowest BCUT2D eigenvalue weighted by atomic mass is 10.1. The molecule has 0 bridgehead atoms. The SMILES string of the molecule is CCC(=O)NCCCCCCCC(O)NCC(=O)O. The number of rotatable bonds is 12. The molecule has 1 atom stereocenters. The van der Waals surface area contributed by atoms with Crippen LogP contribution in [-0.2, 0) is 9.59 Å². The molecule has 1 unspecified atom stereocenters. The summed E-state index contributed by atoms with van der Waals surface area (Å²) in [5.74, 6) is -0.874. The molecule has 0 heterocycles. The number of carbonyl (C=O) groups excluding carboxylic acids is 1. The van der Waals surface area contributed by atoms with E-state index in [1.165, 1.54) is 0 Å². The number of hydrogen-bond donors (Lipinski definition) is 4. The van der Waals surface area contributed by atoms with E-state index in [4.69, 9.17) is 5.11 Å². The molecule has 0 aliphatic carbocycles. The lowest BCUT2D eigenvalue weighted by molar-refractivity contribution is -0.136. The maximum absolute atomic E-state index is 10.9. The Bertz CT molecular complexity index is 259. The number of amides is 1. The maximum atomic E-state index is 10.9. The van der Waals surface area contributed by atoms with Gasteiger partial charge in [-0.3, -0.25) is 14.9 Å². The van der Waals surface area contributed by atoms with Crippen LogP contribution in [0.25, 0.3) is 0 Å². The number of aliphatic hydroxyl groups excluding tert-OH is 1. The number of unbranched alkanes of at least 4 members (excludes halogenated alkanes) is 4. The summed E-state index contributed by atoms with van der Waals surface area (Å²) in [6, 6.07) is 0. The average molecular weight is 274 g/mol. The average Bonchev–Trinajstić information content (AvgIpc) is 2.38. The van der Waals surface area contributed by atoms with Crippen LogP contribution in [0.3, 0.4) is 0 Å². The van der Waals surface area contributed by atoms with Gasteiger partial charge in [-0.25, -0.2) is 0 Å². The van der Waals surface area contributed by atoms with Crippen LogP contribution in [0.2, 0.25) is 0 Å². The van der Waals surface area contributed by atoms with E-state index in [0.717, 1.165) is 38.6 Å². The first kappa shape index (κ1) is 17.9. The van der Waals surface area contributed by atoms with Crippen molar-refractivity contribution in [2.24, 2.45) is 0 Å². The molecule has 0 aromatic heterocycles. The lowest BCUT2D eigenvalue weighted by Crippen LogP contribution is -2.33. The Kier molecular flexibility index (Phi) is 11.2. The first-order valence-corrected chi connectivity index (χ1v) is 6.96. The smallest absolute Gasteiger partial charge is 0.317 e. The molecular formula is C13H26N2O4. The first-order valence-electron chi connectivity index (χ1n) is 6.96. The summed E-state index contributed by atoms with van der Waals surface area (Å²) in [7, 11) is 0. The summed E-state index contributed by atoms with van der Waals surface area (Å²) < 4.78 is 0. The summed E-state index contributed by atoms with van der Waals surface area (Å²) in [5.41, 5.74) is 0. The zero-order valence-corrected chi connectivity index (χ0v) is 11.7. The third-order valence-corrected chi connectivity index (χ3v) is 2.79. The van der Waals surface area contributed by atoms with E-state index < -0.39 is 12.2 Å². The number of nitrogens with one attached hydrogen (secondary N) is 2. The number of carboxylic acids is 1. The van der Waals surface area contributed by atoms with Gasteiger partial charge in [0.2, 0.25) is 5.91 Å². The van der Waals surface area contributed by atoms with Crippen molar-refractivity contribution in [2.75, 3.05) is 13.1 Å². The lowest BCUT2D eigenvalue weighted by Gasteiger charge is -2.10. The highest BCUT2D eigenvalue weighted by atomic mass is 16.4. The van der Waals surface area contributed by atoms with Gasteiger partial charge in [-0.1, -0.05) is 26.2 Å². The molecule has 6 heteroatoms. The molecule has 0 aromatic carbocycles. The molecule has 0 spiro atoms. The third-order valence-electron chi connectivity index (χ3n) is 2.79. The molecule has 4 N–H and O–H groups in total. The minimum absolute atomic E-state index is 0.0904. The van der Waals surface area contributed by atoms with Crippen LogP contribution >= 0.6 is 0 Å². The number of carbonyl (C=O) groups is 2. The van der Waals surface area contributed by atoms with Crippen LogP contribution in [0.5, 0.6) is 0 Å². The molecule has 0 aliphatic heterocycles. The van der Waals surface area contributed by atoms with Gasteiger partial charge in [0.1, 0.15) is 6.23 Å². The molecule has 6 nitrogen and oxygen atoms in total. The zero-order chi connectivity index (χ0) is 14.5. The van der Waals surface area contributed by atoms with Crippen LogP contribution < -0.4 is 10.6 Å². The summed E-state index contributed by atoms with van der Waals surface area (Å²) >= 11 is 0. The Morgan fingerprint density at radius 2 is 1.74 bits per heavy atom. The summed E-state index contributed by atoms with van der Waals surface area (Å²) in [6.07, 6.45) is 5.34. The Morgan fingerprint density at radius 1 is 1.11 bits per heavy atom. The van der Waals surface area contributed by atoms with Gasteiger partial charge in [0.05, 0.1) is 6.54 Å². The van der Waals surface area contributed by atoms with E-state index in [1.54, 1.807) is 0 Å². The highest BCUT2D eigenvalue weighted by molar-refractivity contribution is 5.75. The third kappa shape index (κ3) is 13.1. The maximum Gasteiger partial charge on any atom is 0.317 e. The minimum Gasteiger partial charge on any atom is -0.480 e. The Hall–Kier alpha value is -1.14. The van der Waals surface area contributed by atoms with Crippen molar-refractivity contribution < 1.29 is 19.8 Å². The monoisotopic (exact) mass is 274 g/mol. The fraction of sp³-hybridized carbons (Fsp3) is 0.846. The topological polar surface area (TPSA) is 98.7 Å². The second-order valence-corrected chi connectivity index (χ2v) is 4.55. The second kappa shape index (κ2) is 11.9. The van der Waals surface area contributed by atoms with Gasteiger partial charge in [-0.05, 0) is 19.3 Å². The van der Waals surface area contributed by atoms with E-state index in [2.05, 4.69) is 10.6 Å².